The number of nitrogens with one attached hydrogen (secondary N) is 1. The highest BCUT2D eigenvalue weighted by molar-refractivity contribution is 7.46. The van der Waals surface area contributed by atoms with Gasteiger partial charge < -0.3 is 24.6 Å². The number of aliphatic hydroxyl groups is 2. The van der Waals surface area contributed by atoms with Crippen molar-refractivity contribution in [2.24, 2.45) is 0 Å². The second-order valence-electron chi connectivity index (χ2n) is 4.30. The smallest absolute Gasteiger partial charge is 0.510 e. The summed E-state index contributed by atoms with van der Waals surface area (Å²) in [5.41, 5.74) is -0.289. The first kappa shape index (κ1) is 16.0. The molecule has 1 aliphatic heterocycles. The van der Waals surface area contributed by atoms with E-state index in [4.69, 9.17) is 15.0 Å². The molecule has 5 atom stereocenters. The lowest BCUT2D eigenvalue weighted by molar-refractivity contribution is -0.292. The summed E-state index contributed by atoms with van der Waals surface area (Å²) >= 11 is 0. The van der Waals surface area contributed by atoms with E-state index in [-0.39, 0.29) is 5.49 Å². The Morgan fingerprint density at radius 3 is 2.81 bits per heavy atom. The van der Waals surface area contributed by atoms with Crippen molar-refractivity contribution in [1.29, 1.82) is 5.41 Å². The van der Waals surface area contributed by atoms with Gasteiger partial charge in [0.25, 0.3) is 0 Å². The van der Waals surface area contributed by atoms with Crippen molar-refractivity contribution >= 4 is 7.91 Å². The van der Waals surface area contributed by atoms with E-state index < -0.39 is 45.1 Å². The third-order valence-electron chi connectivity index (χ3n) is 2.84. The Morgan fingerprint density at radius 1 is 1.57 bits per heavy atom. The number of hydrogen-bond donors (Lipinski definition) is 4. The summed E-state index contributed by atoms with van der Waals surface area (Å²) in [6, 6.07) is 0.274. The van der Waals surface area contributed by atoms with E-state index in [1.807, 2.05) is 0 Å². The van der Waals surface area contributed by atoms with Crippen molar-refractivity contribution < 1.29 is 38.2 Å². The van der Waals surface area contributed by atoms with Crippen LogP contribution >= 0.6 is 7.91 Å². The average molecular weight is 324 g/mol. The summed E-state index contributed by atoms with van der Waals surface area (Å²) in [4.78, 5) is 11.7. The van der Waals surface area contributed by atoms with Crippen LogP contribution in [0.5, 0.6) is 6.01 Å². The largest absolute Gasteiger partial charge is 0.846 e. The molecule has 1 aliphatic rings. The van der Waals surface area contributed by atoms with E-state index in [1.165, 1.54) is 0 Å². The number of ether oxygens (including phenoxy) is 1. The van der Waals surface area contributed by atoms with Crippen LogP contribution in [0.2, 0.25) is 0 Å². The standard InChI is InChI=1S/C9H13FN3O7P/c10-21(17,18)19-3-4-6(14)7(15)8(20-4)13-2-1-5(11)12-9(13)16/h1-2,4,6-8,14-15H,3H2,(H,17,18)(H2,11,12,16)/p-1/t4-,6-,7-,8-/m1/s1. The van der Waals surface area contributed by atoms with E-state index >= 15 is 0 Å². The third-order valence-corrected chi connectivity index (χ3v) is 3.31. The van der Waals surface area contributed by atoms with Crippen LogP contribution in [0.3, 0.4) is 0 Å². The first-order chi connectivity index (χ1) is 9.69. The fourth-order valence-corrected chi connectivity index (χ4v) is 2.20. The van der Waals surface area contributed by atoms with Gasteiger partial charge in [-0.1, -0.05) is 0 Å². The zero-order valence-electron chi connectivity index (χ0n) is 10.4. The molecule has 2 rings (SSSR count). The van der Waals surface area contributed by atoms with Gasteiger partial charge in [0.15, 0.2) is 6.23 Å². The molecule has 0 amide bonds. The Morgan fingerprint density at radius 2 is 2.24 bits per heavy atom. The van der Waals surface area contributed by atoms with Crippen molar-refractivity contribution in [3.63, 3.8) is 0 Å². The zero-order chi connectivity index (χ0) is 15.8. The minimum atomic E-state index is -5.25. The molecule has 0 aliphatic carbocycles. The molecule has 0 radical (unpaired) electrons. The Labute approximate surface area is 117 Å². The van der Waals surface area contributed by atoms with Crippen LogP contribution < -0.4 is 10.6 Å². The fraction of sp³-hybridized carbons (Fsp3) is 0.556. The highest BCUT2D eigenvalue weighted by Gasteiger charge is 2.44. The van der Waals surface area contributed by atoms with E-state index in [2.05, 4.69) is 9.51 Å². The molecule has 1 saturated heterocycles. The fourth-order valence-electron chi connectivity index (χ4n) is 1.87. The highest BCUT2D eigenvalue weighted by Crippen LogP contribution is 2.44. The molecule has 1 unspecified atom stereocenters. The van der Waals surface area contributed by atoms with E-state index in [0.29, 0.717) is 0 Å². The Hall–Kier alpha value is -1.36. The maximum absolute atomic E-state index is 12.4. The molecular weight excluding hydrogens is 312 g/mol. The van der Waals surface area contributed by atoms with Crippen LogP contribution in [0.1, 0.15) is 6.23 Å². The SMILES string of the molecule is N=c1ccn([C@@H]2O[C@H](COP(=O)(O)F)[C@@H](O)[C@H]2O)c([O-])n1. The van der Waals surface area contributed by atoms with E-state index in [9.17, 15) is 24.1 Å². The maximum atomic E-state index is 12.4. The maximum Gasteiger partial charge on any atom is 0.510 e. The molecule has 0 saturated carbocycles. The lowest BCUT2D eigenvalue weighted by Crippen LogP contribution is -2.34. The predicted molar refractivity (Wildman–Crippen MR) is 60.3 cm³/mol. The Bertz CT molecular complexity index is 620. The van der Waals surface area contributed by atoms with Crippen molar-refractivity contribution in [2.45, 2.75) is 24.5 Å². The first-order valence-corrected chi connectivity index (χ1v) is 7.15. The van der Waals surface area contributed by atoms with Crippen LogP contribution in [-0.2, 0) is 13.8 Å². The topological polar surface area (TPSA) is 161 Å². The third kappa shape index (κ3) is 3.64. The normalized spacial score (nSPS) is 32.0. The van der Waals surface area contributed by atoms with Gasteiger partial charge in [-0.2, -0.15) is 0 Å². The summed E-state index contributed by atoms with van der Waals surface area (Å²) in [7, 11) is -5.25. The average Bonchev–Trinajstić information content (AvgIpc) is 2.64. The summed E-state index contributed by atoms with van der Waals surface area (Å²) in [6.45, 7) is -0.794. The molecule has 12 heteroatoms. The molecule has 1 fully saturated rings. The molecule has 2 heterocycles. The van der Waals surface area contributed by atoms with Gasteiger partial charge >= 0.3 is 7.91 Å². The molecule has 0 aromatic carbocycles. The van der Waals surface area contributed by atoms with Gasteiger partial charge in [-0.15, -0.1) is 4.20 Å². The minimum Gasteiger partial charge on any atom is -0.846 e. The van der Waals surface area contributed by atoms with Gasteiger partial charge in [0.1, 0.15) is 23.8 Å². The van der Waals surface area contributed by atoms with Crippen molar-refractivity contribution in [3.05, 3.63) is 17.8 Å². The van der Waals surface area contributed by atoms with Gasteiger partial charge in [0.2, 0.25) is 0 Å². The zero-order valence-corrected chi connectivity index (χ0v) is 11.3. The molecule has 118 valence electrons. The molecule has 0 bridgehead atoms. The number of halogens is 1. The summed E-state index contributed by atoms with van der Waals surface area (Å²) in [6.07, 6.45) is -4.65. The monoisotopic (exact) mass is 324 g/mol. The van der Waals surface area contributed by atoms with Crippen LogP contribution in [-0.4, -0.2) is 49.6 Å². The van der Waals surface area contributed by atoms with Crippen LogP contribution in [0.4, 0.5) is 4.20 Å². The second-order valence-corrected chi connectivity index (χ2v) is 5.46. The van der Waals surface area contributed by atoms with Crippen LogP contribution in [0.25, 0.3) is 0 Å². The van der Waals surface area contributed by atoms with Crippen molar-refractivity contribution in [3.8, 4) is 6.01 Å². The molecule has 10 nitrogen and oxygen atoms in total. The summed E-state index contributed by atoms with van der Waals surface area (Å²) in [5.74, 6) is 0. The van der Waals surface area contributed by atoms with E-state index in [0.717, 1.165) is 16.8 Å². The number of aliphatic hydroxyl groups excluding tert-OH is 2. The number of rotatable bonds is 4. The predicted octanol–water partition coefficient (Wildman–Crippen LogP) is -1.86. The van der Waals surface area contributed by atoms with Crippen LogP contribution in [0, 0.1) is 5.41 Å². The number of hydrogen-bond acceptors (Lipinski definition) is 8. The second kappa shape index (κ2) is 5.79. The minimum absolute atomic E-state index is 0.289. The summed E-state index contributed by atoms with van der Waals surface area (Å²) < 4.78 is 32.7. The number of aromatic nitrogens is 2. The van der Waals surface area contributed by atoms with Gasteiger partial charge in [-0.25, -0.2) is 9.55 Å². The molecular formula is C9H12FN3O7P-. The molecule has 4 N–H and O–H groups in total. The Kier molecular flexibility index (Phi) is 4.42. The molecule has 21 heavy (non-hydrogen) atoms. The van der Waals surface area contributed by atoms with Crippen molar-refractivity contribution in [2.75, 3.05) is 6.61 Å². The molecule has 1 aromatic heterocycles. The van der Waals surface area contributed by atoms with Gasteiger partial charge in [0, 0.05) is 6.20 Å². The molecule has 1 aromatic rings. The highest BCUT2D eigenvalue weighted by atomic mass is 31.2. The van der Waals surface area contributed by atoms with Gasteiger partial charge in [-0.05, 0) is 6.07 Å². The lowest BCUT2D eigenvalue weighted by atomic mass is 10.1. The van der Waals surface area contributed by atoms with Gasteiger partial charge in [0.05, 0.1) is 12.6 Å². The van der Waals surface area contributed by atoms with Crippen LogP contribution in [0.15, 0.2) is 12.3 Å². The quantitative estimate of drug-likeness (QED) is 0.469. The number of nitrogens with zero attached hydrogens (tertiary/aromatic N) is 2. The van der Waals surface area contributed by atoms with Gasteiger partial charge in [-0.3, -0.25) is 14.8 Å². The summed E-state index contributed by atoms with van der Waals surface area (Å²) in [5, 5.41) is 38.3. The Balaban J connectivity index is 2.16. The first-order valence-electron chi connectivity index (χ1n) is 5.68. The molecule has 0 spiro atoms. The lowest BCUT2D eigenvalue weighted by Gasteiger charge is -2.23. The van der Waals surface area contributed by atoms with E-state index in [1.54, 1.807) is 0 Å². The van der Waals surface area contributed by atoms with Crippen molar-refractivity contribution in [1.82, 2.24) is 9.55 Å².